The predicted octanol–water partition coefficient (Wildman–Crippen LogP) is 4.26. The number of nitrogens with one attached hydrogen (secondary N) is 1. The maximum atomic E-state index is 14.0. The van der Waals surface area contributed by atoms with Gasteiger partial charge in [0.15, 0.2) is 34.7 Å². The van der Waals surface area contributed by atoms with Gasteiger partial charge in [0.1, 0.15) is 5.82 Å². The van der Waals surface area contributed by atoms with E-state index in [0.29, 0.717) is 17.0 Å². The van der Waals surface area contributed by atoms with E-state index in [4.69, 9.17) is 4.74 Å². The minimum absolute atomic E-state index is 0.0693. The Morgan fingerprint density at radius 3 is 2.64 bits per heavy atom. The van der Waals surface area contributed by atoms with Crippen LogP contribution in [0.15, 0.2) is 42.6 Å². The van der Waals surface area contributed by atoms with Gasteiger partial charge in [0.05, 0.1) is 0 Å². The van der Waals surface area contributed by atoms with Crippen molar-refractivity contribution in [2.24, 2.45) is 7.05 Å². The minimum atomic E-state index is -1.02. The molecule has 4 rings (SSSR count). The molecule has 0 saturated carbocycles. The number of nitrogens with zero attached hydrogens (tertiary/aromatic N) is 3. The van der Waals surface area contributed by atoms with E-state index in [2.05, 4.69) is 15.2 Å². The van der Waals surface area contributed by atoms with Crippen molar-refractivity contribution in [3.63, 3.8) is 0 Å². The Labute approximate surface area is 159 Å². The zero-order valence-corrected chi connectivity index (χ0v) is 15.5. The van der Waals surface area contributed by atoms with Crippen LogP contribution in [0.5, 0.6) is 11.6 Å². The van der Waals surface area contributed by atoms with E-state index in [1.54, 1.807) is 37.7 Å². The summed E-state index contributed by atoms with van der Waals surface area (Å²) in [6, 6.07) is 8.66. The van der Waals surface area contributed by atoms with Crippen LogP contribution in [0, 0.1) is 11.6 Å². The molecule has 0 atom stereocenters. The average Bonchev–Trinajstić information content (AvgIpc) is 3.20. The predicted molar refractivity (Wildman–Crippen MR) is 100.0 cm³/mol. The standard InChI is InChI=1S/C20H18F2N4O2/c1-20(2,28-16-7-5-13(21)9-15(16)22)19-25-24-17(26(19)3)11-4-6-14-12(8-11)10-23-18(14)27/h4-10,23,27H,1-3H3. The van der Waals surface area contributed by atoms with Crippen molar-refractivity contribution in [1.29, 1.82) is 0 Å². The van der Waals surface area contributed by atoms with Gasteiger partial charge < -0.3 is 19.4 Å². The SMILES string of the molecule is Cn1c(-c2ccc3c(O)[nH]cc3c2)nnc1C(C)(C)Oc1ccc(F)cc1F. The average molecular weight is 384 g/mol. The van der Waals surface area contributed by atoms with Crippen LogP contribution in [0.25, 0.3) is 22.2 Å². The van der Waals surface area contributed by atoms with Crippen LogP contribution >= 0.6 is 0 Å². The fourth-order valence-corrected chi connectivity index (χ4v) is 3.24. The van der Waals surface area contributed by atoms with E-state index in [9.17, 15) is 13.9 Å². The lowest BCUT2D eigenvalue weighted by Crippen LogP contribution is -2.29. The third-order valence-electron chi connectivity index (χ3n) is 4.60. The van der Waals surface area contributed by atoms with Gasteiger partial charge in [-0.3, -0.25) is 0 Å². The molecule has 0 aliphatic heterocycles. The van der Waals surface area contributed by atoms with Crippen LogP contribution in [-0.2, 0) is 12.6 Å². The summed E-state index contributed by atoms with van der Waals surface area (Å²) in [7, 11) is 1.79. The summed E-state index contributed by atoms with van der Waals surface area (Å²) in [5.74, 6) is -0.351. The Balaban J connectivity index is 1.69. The Morgan fingerprint density at radius 2 is 1.89 bits per heavy atom. The van der Waals surface area contributed by atoms with Crippen molar-refractivity contribution in [1.82, 2.24) is 19.7 Å². The first-order valence-corrected chi connectivity index (χ1v) is 8.60. The quantitative estimate of drug-likeness (QED) is 0.551. The molecule has 0 unspecified atom stereocenters. The highest BCUT2D eigenvalue weighted by molar-refractivity contribution is 5.90. The molecule has 0 amide bonds. The van der Waals surface area contributed by atoms with Gasteiger partial charge in [0, 0.05) is 35.6 Å². The van der Waals surface area contributed by atoms with E-state index in [1.807, 2.05) is 12.1 Å². The Hall–Kier alpha value is -3.42. The van der Waals surface area contributed by atoms with E-state index in [1.165, 1.54) is 6.07 Å². The molecule has 0 saturated heterocycles. The first kappa shape index (κ1) is 18.0. The molecule has 144 valence electrons. The van der Waals surface area contributed by atoms with Crippen LogP contribution in [-0.4, -0.2) is 24.9 Å². The summed E-state index contributed by atoms with van der Waals surface area (Å²) >= 11 is 0. The van der Waals surface area contributed by atoms with Gasteiger partial charge in [-0.15, -0.1) is 10.2 Å². The highest BCUT2D eigenvalue weighted by Crippen LogP contribution is 2.32. The molecule has 0 aliphatic rings. The molecule has 2 N–H and O–H groups in total. The lowest BCUT2D eigenvalue weighted by atomic mass is 10.1. The topological polar surface area (TPSA) is 76.0 Å². The molecule has 6 nitrogen and oxygen atoms in total. The largest absolute Gasteiger partial charge is 0.494 e. The number of halogens is 2. The molecule has 0 bridgehead atoms. The maximum absolute atomic E-state index is 14.0. The van der Waals surface area contributed by atoms with E-state index in [-0.39, 0.29) is 11.6 Å². The van der Waals surface area contributed by atoms with Crippen molar-refractivity contribution in [3.05, 3.63) is 60.1 Å². The molecular weight excluding hydrogens is 366 g/mol. The van der Waals surface area contributed by atoms with Crippen molar-refractivity contribution in [2.75, 3.05) is 0 Å². The molecule has 0 fully saturated rings. The summed E-state index contributed by atoms with van der Waals surface area (Å²) in [5.41, 5.74) is -0.216. The zero-order valence-electron chi connectivity index (χ0n) is 15.5. The highest BCUT2D eigenvalue weighted by Gasteiger charge is 2.31. The summed E-state index contributed by atoms with van der Waals surface area (Å²) in [4.78, 5) is 2.77. The lowest BCUT2D eigenvalue weighted by molar-refractivity contribution is 0.0892. The van der Waals surface area contributed by atoms with E-state index >= 15 is 0 Å². The molecule has 2 aromatic heterocycles. The van der Waals surface area contributed by atoms with Crippen LogP contribution < -0.4 is 4.74 Å². The highest BCUT2D eigenvalue weighted by atomic mass is 19.1. The molecule has 2 heterocycles. The number of hydrogen-bond donors (Lipinski definition) is 2. The number of ether oxygens (including phenoxy) is 1. The van der Waals surface area contributed by atoms with Crippen molar-refractivity contribution < 1.29 is 18.6 Å². The fourth-order valence-electron chi connectivity index (χ4n) is 3.24. The second-order valence-corrected chi connectivity index (χ2v) is 7.03. The Bertz CT molecular complexity index is 1180. The number of benzene rings is 2. The molecule has 2 aromatic carbocycles. The molecule has 28 heavy (non-hydrogen) atoms. The van der Waals surface area contributed by atoms with Crippen LogP contribution in [0.1, 0.15) is 19.7 Å². The van der Waals surface area contributed by atoms with E-state index in [0.717, 1.165) is 23.1 Å². The smallest absolute Gasteiger partial charge is 0.196 e. The summed E-state index contributed by atoms with van der Waals surface area (Å²) in [6.45, 7) is 3.47. The fraction of sp³-hybridized carbons (Fsp3) is 0.200. The number of aromatic amines is 1. The van der Waals surface area contributed by atoms with Gasteiger partial charge in [0.2, 0.25) is 0 Å². The summed E-state index contributed by atoms with van der Waals surface area (Å²) in [5, 5.41) is 19.8. The Morgan fingerprint density at radius 1 is 1.11 bits per heavy atom. The third kappa shape index (κ3) is 2.96. The van der Waals surface area contributed by atoms with Crippen molar-refractivity contribution >= 4 is 10.8 Å². The van der Waals surface area contributed by atoms with Crippen molar-refractivity contribution in [2.45, 2.75) is 19.4 Å². The van der Waals surface area contributed by atoms with Gasteiger partial charge in [-0.2, -0.15) is 0 Å². The van der Waals surface area contributed by atoms with Crippen LogP contribution in [0.4, 0.5) is 8.78 Å². The third-order valence-corrected chi connectivity index (χ3v) is 4.60. The second-order valence-electron chi connectivity index (χ2n) is 7.03. The van der Waals surface area contributed by atoms with Crippen LogP contribution in [0.3, 0.4) is 0 Å². The number of fused-ring (bicyclic) bond motifs is 1. The van der Waals surface area contributed by atoms with Gasteiger partial charge in [-0.25, -0.2) is 8.78 Å². The maximum Gasteiger partial charge on any atom is 0.196 e. The second kappa shape index (κ2) is 6.33. The number of hydrogen-bond acceptors (Lipinski definition) is 4. The van der Waals surface area contributed by atoms with Gasteiger partial charge in [0.25, 0.3) is 0 Å². The first-order valence-electron chi connectivity index (χ1n) is 8.60. The summed E-state index contributed by atoms with van der Waals surface area (Å²) < 4.78 is 34.7. The first-order chi connectivity index (χ1) is 13.3. The molecule has 4 aromatic rings. The van der Waals surface area contributed by atoms with E-state index < -0.39 is 17.2 Å². The number of H-pyrrole nitrogens is 1. The molecular formula is C20H18F2N4O2. The Kier molecular flexibility index (Phi) is 4.06. The molecule has 0 aliphatic carbocycles. The molecule has 8 heteroatoms. The van der Waals surface area contributed by atoms with Gasteiger partial charge in [-0.1, -0.05) is 6.07 Å². The molecule has 0 radical (unpaired) electrons. The molecule has 0 spiro atoms. The normalized spacial score (nSPS) is 11.9. The van der Waals surface area contributed by atoms with Crippen LogP contribution in [0.2, 0.25) is 0 Å². The lowest BCUT2D eigenvalue weighted by Gasteiger charge is -2.25. The minimum Gasteiger partial charge on any atom is -0.494 e. The summed E-state index contributed by atoms with van der Waals surface area (Å²) in [6.07, 6.45) is 1.70. The monoisotopic (exact) mass is 384 g/mol. The number of rotatable bonds is 4. The van der Waals surface area contributed by atoms with Crippen molar-refractivity contribution in [3.8, 4) is 23.0 Å². The van der Waals surface area contributed by atoms with Gasteiger partial charge >= 0.3 is 0 Å². The number of aromatic nitrogens is 4. The zero-order chi connectivity index (χ0) is 20.1. The number of aromatic hydroxyl groups is 1. The van der Waals surface area contributed by atoms with Gasteiger partial charge in [-0.05, 0) is 38.1 Å².